The molecule has 1 aromatic rings. The van der Waals surface area contributed by atoms with Crippen LogP contribution in [0, 0.1) is 0 Å². The van der Waals surface area contributed by atoms with Gasteiger partial charge in [0.05, 0.1) is 4.90 Å². The molecule has 0 unspecified atom stereocenters. The minimum Gasteiger partial charge on any atom is -0.282 e. The van der Waals surface area contributed by atoms with Gasteiger partial charge in [0.2, 0.25) is 0 Å². The van der Waals surface area contributed by atoms with E-state index in [0.717, 1.165) is 49.7 Å². The predicted molar refractivity (Wildman–Crippen MR) is 73.5 cm³/mol. The summed E-state index contributed by atoms with van der Waals surface area (Å²) in [5.41, 5.74) is 1.81. The molecule has 0 aliphatic heterocycles. The van der Waals surface area contributed by atoms with Crippen LogP contribution in [-0.4, -0.2) is 13.0 Å². The van der Waals surface area contributed by atoms with E-state index in [1.165, 1.54) is 6.07 Å². The monoisotopic (exact) mass is 270 g/mol. The SMILES string of the molecule is CCCCCCc1c(CC)cccc1S(=O)(=O)O. The Labute approximate surface area is 110 Å². The maximum Gasteiger partial charge on any atom is 0.294 e. The summed E-state index contributed by atoms with van der Waals surface area (Å²) in [7, 11) is -4.11. The molecule has 4 heteroatoms. The third-order valence-electron chi connectivity index (χ3n) is 3.17. The first-order valence-corrected chi connectivity index (χ1v) is 8.03. The molecule has 0 aromatic heterocycles. The lowest BCUT2D eigenvalue weighted by atomic mass is 9.99. The Morgan fingerprint density at radius 2 is 1.83 bits per heavy atom. The molecular weight excluding hydrogens is 248 g/mol. The van der Waals surface area contributed by atoms with Crippen LogP contribution in [0.1, 0.15) is 50.7 Å². The largest absolute Gasteiger partial charge is 0.294 e. The first-order valence-electron chi connectivity index (χ1n) is 6.59. The van der Waals surface area contributed by atoms with Crippen molar-refractivity contribution in [1.82, 2.24) is 0 Å². The molecule has 3 nitrogen and oxygen atoms in total. The minimum absolute atomic E-state index is 0.0818. The van der Waals surface area contributed by atoms with Crippen molar-refractivity contribution in [2.45, 2.75) is 57.3 Å². The summed E-state index contributed by atoms with van der Waals surface area (Å²) in [5, 5.41) is 0. The molecule has 0 atom stereocenters. The van der Waals surface area contributed by atoms with Gasteiger partial charge in [0.15, 0.2) is 0 Å². The summed E-state index contributed by atoms with van der Waals surface area (Å²) in [6.45, 7) is 4.14. The molecule has 0 saturated heterocycles. The number of benzene rings is 1. The molecule has 18 heavy (non-hydrogen) atoms. The van der Waals surface area contributed by atoms with Gasteiger partial charge in [-0.15, -0.1) is 0 Å². The molecule has 102 valence electrons. The van der Waals surface area contributed by atoms with Gasteiger partial charge in [-0.1, -0.05) is 45.2 Å². The number of unbranched alkanes of at least 4 members (excludes halogenated alkanes) is 3. The minimum atomic E-state index is -4.11. The standard InChI is InChI=1S/C14H22O3S/c1-3-5-6-7-10-13-12(4-2)9-8-11-14(13)18(15,16)17/h8-9,11H,3-7,10H2,1-2H3,(H,15,16,17). The van der Waals surface area contributed by atoms with Crippen LogP contribution in [0.5, 0.6) is 0 Å². The zero-order valence-electron chi connectivity index (χ0n) is 11.1. The maximum absolute atomic E-state index is 11.4. The molecule has 0 heterocycles. The van der Waals surface area contributed by atoms with E-state index >= 15 is 0 Å². The average Bonchev–Trinajstić information content (AvgIpc) is 2.33. The zero-order chi connectivity index (χ0) is 13.6. The van der Waals surface area contributed by atoms with Gasteiger partial charge >= 0.3 is 0 Å². The van der Waals surface area contributed by atoms with E-state index in [4.69, 9.17) is 0 Å². The molecule has 0 aliphatic rings. The summed E-state index contributed by atoms with van der Waals surface area (Å²) < 4.78 is 32.0. The Hall–Kier alpha value is -0.870. The third-order valence-corrected chi connectivity index (χ3v) is 4.11. The topological polar surface area (TPSA) is 54.4 Å². The van der Waals surface area contributed by atoms with Crippen molar-refractivity contribution in [3.05, 3.63) is 29.3 Å². The second-order valence-corrected chi connectivity index (χ2v) is 5.92. The molecule has 0 saturated carbocycles. The summed E-state index contributed by atoms with van der Waals surface area (Å²) in [6, 6.07) is 5.12. The number of hydrogen-bond donors (Lipinski definition) is 1. The zero-order valence-corrected chi connectivity index (χ0v) is 12.0. The second kappa shape index (κ2) is 6.90. The van der Waals surface area contributed by atoms with Crippen LogP contribution in [-0.2, 0) is 23.0 Å². The lowest BCUT2D eigenvalue weighted by molar-refractivity contribution is 0.481. The van der Waals surface area contributed by atoms with Crippen LogP contribution in [0.2, 0.25) is 0 Å². The molecule has 0 radical (unpaired) electrons. The Bertz CT molecular complexity index is 478. The van der Waals surface area contributed by atoms with E-state index in [9.17, 15) is 13.0 Å². The normalized spacial score (nSPS) is 11.7. The van der Waals surface area contributed by atoms with Gasteiger partial charge in [0.1, 0.15) is 0 Å². The maximum atomic E-state index is 11.4. The van der Waals surface area contributed by atoms with E-state index < -0.39 is 10.1 Å². The first-order chi connectivity index (χ1) is 8.50. The number of hydrogen-bond acceptors (Lipinski definition) is 2. The fraction of sp³-hybridized carbons (Fsp3) is 0.571. The van der Waals surface area contributed by atoms with Crippen LogP contribution < -0.4 is 0 Å². The smallest absolute Gasteiger partial charge is 0.282 e. The van der Waals surface area contributed by atoms with E-state index in [0.29, 0.717) is 0 Å². The van der Waals surface area contributed by atoms with Crippen molar-refractivity contribution in [2.75, 3.05) is 0 Å². The van der Waals surface area contributed by atoms with Gasteiger partial charge in [-0.3, -0.25) is 4.55 Å². The number of aryl methyl sites for hydroxylation is 1. The Kier molecular flexibility index (Phi) is 5.82. The second-order valence-electron chi connectivity index (χ2n) is 4.53. The van der Waals surface area contributed by atoms with Gasteiger partial charge in [-0.2, -0.15) is 8.42 Å². The van der Waals surface area contributed by atoms with Crippen molar-refractivity contribution in [3.8, 4) is 0 Å². The summed E-state index contributed by atoms with van der Waals surface area (Å²) in [4.78, 5) is 0.0818. The van der Waals surface area contributed by atoms with Crippen molar-refractivity contribution in [3.63, 3.8) is 0 Å². The first kappa shape index (κ1) is 15.2. The lowest BCUT2D eigenvalue weighted by Crippen LogP contribution is -2.06. The van der Waals surface area contributed by atoms with Crippen LogP contribution >= 0.6 is 0 Å². The fourth-order valence-electron chi connectivity index (χ4n) is 2.20. The van der Waals surface area contributed by atoms with Gasteiger partial charge in [0, 0.05) is 0 Å². The average molecular weight is 270 g/mol. The van der Waals surface area contributed by atoms with E-state index in [-0.39, 0.29) is 4.90 Å². The summed E-state index contributed by atoms with van der Waals surface area (Å²) >= 11 is 0. The Balaban J connectivity index is 2.98. The molecule has 0 fully saturated rings. The van der Waals surface area contributed by atoms with Gasteiger partial charge < -0.3 is 0 Å². The van der Waals surface area contributed by atoms with Crippen LogP contribution in [0.3, 0.4) is 0 Å². The van der Waals surface area contributed by atoms with E-state index in [1.807, 2.05) is 13.0 Å². The summed E-state index contributed by atoms with van der Waals surface area (Å²) in [5.74, 6) is 0. The molecule has 0 spiro atoms. The molecule has 1 aromatic carbocycles. The predicted octanol–water partition coefficient (Wildman–Crippen LogP) is 3.62. The molecular formula is C14H22O3S. The van der Waals surface area contributed by atoms with E-state index in [2.05, 4.69) is 6.92 Å². The van der Waals surface area contributed by atoms with Gasteiger partial charge in [0.25, 0.3) is 10.1 Å². The quantitative estimate of drug-likeness (QED) is 0.608. The third kappa shape index (κ3) is 4.10. The lowest BCUT2D eigenvalue weighted by Gasteiger charge is -2.12. The summed E-state index contributed by atoms with van der Waals surface area (Å²) in [6.07, 6.45) is 5.88. The molecule has 1 rings (SSSR count). The molecule has 0 aliphatic carbocycles. The molecule has 0 bridgehead atoms. The van der Waals surface area contributed by atoms with Crippen molar-refractivity contribution >= 4 is 10.1 Å². The van der Waals surface area contributed by atoms with Gasteiger partial charge in [-0.05, 0) is 36.5 Å². The highest BCUT2D eigenvalue weighted by atomic mass is 32.2. The fourth-order valence-corrected chi connectivity index (χ4v) is 2.99. The molecule has 0 amide bonds. The van der Waals surface area contributed by atoms with Crippen molar-refractivity contribution in [2.24, 2.45) is 0 Å². The Morgan fingerprint density at radius 1 is 1.11 bits per heavy atom. The Morgan fingerprint density at radius 3 is 2.39 bits per heavy atom. The van der Waals surface area contributed by atoms with Gasteiger partial charge in [-0.25, -0.2) is 0 Å². The van der Waals surface area contributed by atoms with Crippen molar-refractivity contribution in [1.29, 1.82) is 0 Å². The molecule has 1 N–H and O–H groups in total. The highest BCUT2D eigenvalue weighted by Crippen LogP contribution is 2.22. The van der Waals surface area contributed by atoms with Crippen LogP contribution in [0.4, 0.5) is 0 Å². The van der Waals surface area contributed by atoms with Crippen LogP contribution in [0.25, 0.3) is 0 Å². The highest BCUT2D eigenvalue weighted by Gasteiger charge is 2.17. The van der Waals surface area contributed by atoms with Crippen molar-refractivity contribution < 1.29 is 13.0 Å². The number of rotatable bonds is 7. The highest BCUT2D eigenvalue weighted by molar-refractivity contribution is 7.85. The van der Waals surface area contributed by atoms with E-state index in [1.54, 1.807) is 6.07 Å². The van der Waals surface area contributed by atoms with Crippen LogP contribution in [0.15, 0.2) is 23.1 Å².